The van der Waals surface area contributed by atoms with Gasteiger partial charge in [-0.2, -0.15) is 5.26 Å². The van der Waals surface area contributed by atoms with Gasteiger partial charge in [-0.15, -0.1) is 0 Å². The molecular formula is C26H25N5O. The van der Waals surface area contributed by atoms with Crippen LogP contribution >= 0.6 is 0 Å². The largest absolute Gasteiger partial charge is 0.374 e. The van der Waals surface area contributed by atoms with Gasteiger partial charge in [0.25, 0.3) is 0 Å². The lowest BCUT2D eigenvalue weighted by Gasteiger charge is -2.33. The third kappa shape index (κ3) is 3.90. The van der Waals surface area contributed by atoms with Crippen molar-refractivity contribution in [2.75, 3.05) is 13.1 Å². The monoisotopic (exact) mass is 423 g/mol. The van der Waals surface area contributed by atoms with Crippen molar-refractivity contribution in [3.8, 4) is 28.5 Å². The lowest BCUT2D eigenvalue weighted by Crippen LogP contribution is -2.41. The van der Waals surface area contributed by atoms with Gasteiger partial charge in [0.2, 0.25) is 0 Å². The highest BCUT2D eigenvalue weighted by Gasteiger charge is 2.22. The molecule has 32 heavy (non-hydrogen) atoms. The molecule has 1 unspecified atom stereocenters. The number of benzene rings is 2. The van der Waals surface area contributed by atoms with E-state index < -0.39 is 6.23 Å². The Bertz CT molecular complexity index is 1260. The predicted octanol–water partition coefficient (Wildman–Crippen LogP) is 3.95. The summed E-state index contributed by atoms with van der Waals surface area (Å²) >= 11 is 0. The molecule has 160 valence electrons. The number of imidazole rings is 1. The van der Waals surface area contributed by atoms with Gasteiger partial charge in [-0.25, -0.2) is 4.98 Å². The van der Waals surface area contributed by atoms with E-state index in [1.165, 1.54) is 0 Å². The first-order chi connectivity index (χ1) is 15.6. The van der Waals surface area contributed by atoms with Crippen molar-refractivity contribution in [2.24, 2.45) is 5.73 Å². The molecule has 6 nitrogen and oxygen atoms in total. The van der Waals surface area contributed by atoms with Crippen molar-refractivity contribution in [1.29, 1.82) is 5.26 Å². The number of piperidine rings is 1. The second-order valence-electron chi connectivity index (χ2n) is 8.35. The zero-order chi connectivity index (χ0) is 22.1. The van der Waals surface area contributed by atoms with Crippen LogP contribution in [0.1, 0.15) is 30.2 Å². The molecule has 0 radical (unpaired) electrons. The van der Waals surface area contributed by atoms with Gasteiger partial charge in [0, 0.05) is 30.9 Å². The molecule has 6 heteroatoms. The van der Waals surface area contributed by atoms with Crippen molar-refractivity contribution in [3.05, 3.63) is 84.2 Å². The highest BCUT2D eigenvalue weighted by Crippen LogP contribution is 2.28. The van der Waals surface area contributed by atoms with Crippen molar-refractivity contribution in [1.82, 2.24) is 14.3 Å². The van der Waals surface area contributed by atoms with Crippen molar-refractivity contribution < 1.29 is 5.11 Å². The molecule has 0 amide bonds. The first kappa shape index (κ1) is 20.4. The van der Waals surface area contributed by atoms with E-state index in [0.717, 1.165) is 59.5 Å². The lowest BCUT2D eigenvalue weighted by atomic mass is 10.0. The first-order valence-electron chi connectivity index (χ1n) is 10.9. The molecule has 5 rings (SSSR count). The minimum absolute atomic E-state index is 0.244. The molecule has 0 bridgehead atoms. The van der Waals surface area contributed by atoms with Crippen LogP contribution in [0.4, 0.5) is 0 Å². The highest BCUT2D eigenvalue weighted by atomic mass is 16.3. The molecule has 1 saturated heterocycles. The van der Waals surface area contributed by atoms with E-state index in [-0.39, 0.29) is 6.04 Å². The summed E-state index contributed by atoms with van der Waals surface area (Å²) in [4.78, 5) is 6.60. The van der Waals surface area contributed by atoms with E-state index in [1.807, 2.05) is 60.8 Å². The van der Waals surface area contributed by atoms with Gasteiger partial charge in [-0.3, -0.25) is 9.30 Å². The number of nitriles is 1. The Morgan fingerprint density at radius 1 is 0.938 bits per heavy atom. The number of likely N-dealkylation sites (tertiary alicyclic amines) is 1. The number of rotatable bonds is 4. The Kier molecular flexibility index (Phi) is 5.46. The minimum atomic E-state index is -0.601. The zero-order valence-corrected chi connectivity index (χ0v) is 17.7. The maximum atomic E-state index is 10.8. The van der Waals surface area contributed by atoms with E-state index in [4.69, 9.17) is 11.0 Å². The SMILES string of the molecule is N#Cc1ccc(-c2cnc3ccc(-c4ccc(C(O)N5CCC(N)CC5)cc4)cn23)cc1. The fourth-order valence-corrected chi connectivity index (χ4v) is 4.30. The fourth-order valence-electron chi connectivity index (χ4n) is 4.30. The summed E-state index contributed by atoms with van der Waals surface area (Å²) in [7, 11) is 0. The maximum Gasteiger partial charge on any atom is 0.137 e. The number of aliphatic hydroxyl groups excluding tert-OH is 1. The summed E-state index contributed by atoms with van der Waals surface area (Å²) in [6.45, 7) is 1.64. The molecule has 4 aromatic rings. The number of nitrogens with zero attached hydrogens (tertiary/aromatic N) is 4. The van der Waals surface area contributed by atoms with Crippen LogP contribution in [0.3, 0.4) is 0 Å². The molecule has 0 aliphatic carbocycles. The third-order valence-corrected chi connectivity index (χ3v) is 6.28. The molecule has 2 aromatic heterocycles. The van der Waals surface area contributed by atoms with Gasteiger partial charge in [-0.1, -0.05) is 36.4 Å². The number of aromatic nitrogens is 2. The molecular weight excluding hydrogens is 398 g/mol. The van der Waals surface area contributed by atoms with Crippen molar-refractivity contribution >= 4 is 5.65 Å². The molecule has 3 heterocycles. The fraction of sp³-hybridized carbons (Fsp3) is 0.231. The molecule has 3 N–H and O–H groups in total. The second-order valence-corrected chi connectivity index (χ2v) is 8.35. The van der Waals surface area contributed by atoms with E-state index in [0.29, 0.717) is 5.56 Å². The molecule has 1 fully saturated rings. The van der Waals surface area contributed by atoms with Gasteiger partial charge >= 0.3 is 0 Å². The maximum absolute atomic E-state index is 10.8. The van der Waals surface area contributed by atoms with Crippen LogP contribution in [0.15, 0.2) is 73.1 Å². The molecule has 0 saturated carbocycles. The van der Waals surface area contributed by atoms with Crippen LogP contribution in [0.5, 0.6) is 0 Å². The van der Waals surface area contributed by atoms with E-state index in [1.54, 1.807) is 0 Å². The van der Waals surface area contributed by atoms with Gasteiger partial charge < -0.3 is 10.8 Å². The Hall–Kier alpha value is -3.50. The number of pyridine rings is 1. The van der Waals surface area contributed by atoms with E-state index in [9.17, 15) is 5.11 Å². The lowest BCUT2D eigenvalue weighted by molar-refractivity contribution is -0.0126. The number of nitrogens with two attached hydrogens (primary N) is 1. The number of fused-ring (bicyclic) bond motifs is 1. The topological polar surface area (TPSA) is 90.6 Å². The number of hydrogen-bond donors (Lipinski definition) is 2. The predicted molar refractivity (Wildman–Crippen MR) is 125 cm³/mol. The summed E-state index contributed by atoms with van der Waals surface area (Å²) in [6, 6.07) is 22.1. The highest BCUT2D eigenvalue weighted by molar-refractivity contribution is 5.69. The molecule has 2 aromatic carbocycles. The Balaban J connectivity index is 1.41. The number of aliphatic hydroxyl groups is 1. The smallest absolute Gasteiger partial charge is 0.137 e. The average Bonchev–Trinajstić information content (AvgIpc) is 3.27. The van der Waals surface area contributed by atoms with Gasteiger partial charge in [0.05, 0.1) is 23.5 Å². The zero-order valence-electron chi connectivity index (χ0n) is 17.7. The minimum Gasteiger partial charge on any atom is -0.374 e. The molecule has 1 aliphatic rings. The van der Waals surface area contributed by atoms with Crippen LogP contribution in [-0.2, 0) is 0 Å². The van der Waals surface area contributed by atoms with Crippen LogP contribution in [-0.4, -0.2) is 38.5 Å². The number of hydrogen-bond acceptors (Lipinski definition) is 5. The molecule has 1 atom stereocenters. The van der Waals surface area contributed by atoms with Crippen molar-refractivity contribution in [2.45, 2.75) is 25.1 Å². The average molecular weight is 424 g/mol. The summed E-state index contributed by atoms with van der Waals surface area (Å²) in [5.74, 6) is 0. The van der Waals surface area contributed by atoms with Crippen LogP contribution in [0.2, 0.25) is 0 Å². The Morgan fingerprint density at radius 2 is 1.59 bits per heavy atom. The van der Waals surface area contributed by atoms with Crippen molar-refractivity contribution in [3.63, 3.8) is 0 Å². The Labute approximate surface area is 187 Å². The van der Waals surface area contributed by atoms with E-state index >= 15 is 0 Å². The second kappa shape index (κ2) is 8.56. The summed E-state index contributed by atoms with van der Waals surface area (Å²) in [6.07, 6.45) is 5.16. The molecule has 1 aliphatic heterocycles. The summed E-state index contributed by atoms with van der Waals surface area (Å²) in [5, 5.41) is 19.8. The van der Waals surface area contributed by atoms with Gasteiger partial charge in [-0.05, 0) is 53.8 Å². The quantitative estimate of drug-likeness (QED) is 0.519. The Morgan fingerprint density at radius 3 is 2.28 bits per heavy atom. The summed E-state index contributed by atoms with van der Waals surface area (Å²) in [5.41, 5.74) is 12.5. The standard InChI is InChI=1S/C26H25N5O/c27-15-18-1-3-20(4-2-18)24-16-29-25-10-9-22(17-31(24)25)19-5-7-21(8-6-19)26(32)30-13-11-23(28)12-14-30/h1-10,16-17,23,26,32H,11-14,28H2. The van der Waals surface area contributed by atoms with Crippen LogP contribution in [0.25, 0.3) is 28.0 Å². The van der Waals surface area contributed by atoms with Crippen LogP contribution < -0.4 is 5.73 Å². The normalized spacial score (nSPS) is 16.2. The van der Waals surface area contributed by atoms with Gasteiger partial charge in [0.15, 0.2) is 0 Å². The van der Waals surface area contributed by atoms with Gasteiger partial charge in [0.1, 0.15) is 11.9 Å². The molecule has 0 spiro atoms. The third-order valence-electron chi connectivity index (χ3n) is 6.28. The van der Waals surface area contributed by atoms with Crippen LogP contribution in [0, 0.1) is 11.3 Å². The first-order valence-corrected chi connectivity index (χ1v) is 10.9. The van der Waals surface area contributed by atoms with E-state index in [2.05, 4.69) is 32.6 Å². The summed E-state index contributed by atoms with van der Waals surface area (Å²) < 4.78 is 2.07.